The summed E-state index contributed by atoms with van der Waals surface area (Å²) in [5, 5.41) is 11.3. The monoisotopic (exact) mass is 520 g/mol. The zero-order chi connectivity index (χ0) is 25.8. The molecular formula is C28H26Cl2N4O2. The highest BCUT2D eigenvalue weighted by Gasteiger charge is 2.42. The first kappa shape index (κ1) is 24.6. The molecule has 0 unspecified atom stereocenters. The second-order valence-corrected chi connectivity index (χ2v) is 10.6. The number of benzene rings is 1. The van der Waals surface area contributed by atoms with Gasteiger partial charge in [-0.2, -0.15) is 0 Å². The predicted octanol–water partition coefficient (Wildman–Crippen LogP) is 6.11. The lowest BCUT2D eigenvalue weighted by atomic mass is 10.0. The maximum Gasteiger partial charge on any atom is 0.274 e. The van der Waals surface area contributed by atoms with Gasteiger partial charge in [0.25, 0.3) is 5.56 Å². The fourth-order valence-electron chi connectivity index (χ4n) is 4.65. The summed E-state index contributed by atoms with van der Waals surface area (Å²) in [6.45, 7) is 7.06. The summed E-state index contributed by atoms with van der Waals surface area (Å²) in [6.07, 6.45) is 4.20. The predicted molar refractivity (Wildman–Crippen MR) is 142 cm³/mol. The van der Waals surface area contributed by atoms with Crippen LogP contribution in [0.1, 0.15) is 60.3 Å². The summed E-state index contributed by atoms with van der Waals surface area (Å²) in [5.41, 5.74) is 3.90. The normalized spacial score (nSPS) is 17.3. The van der Waals surface area contributed by atoms with Crippen LogP contribution in [0.4, 0.5) is 0 Å². The molecule has 3 heterocycles. The molecule has 1 aliphatic carbocycles. The largest absolute Gasteiger partial charge is 0.382 e. The average molecular weight is 521 g/mol. The Balaban J connectivity index is 1.55. The van der Waals surface area contributed by atoms with Crippen molar-refractivity contribution >= 4 is 23.2 Å². The van der Waals surface area contributed by atoms with Crippen molar-refractivity contribution in [3.05, 3.63) is 103 Å². The Kier molecular flexibility index (Phi) is 6.23. The summed E-state index contributed by atoms with van der Waals surface area (Å²) < 4.78 is 1.62. The van der Waals surface area contributed by atoms with Crippen molar-refractivity contribution in [1.29, 1.82) is 0 Å². The Bertz CT molecular complexity index is 1540. The van der Waals surface area contributed by atoms with E-state index < -0.39 is 5.60 Å². The molecule has 1 N–H and O–H groups in total. The van der Waals surface area contributed by atoms with Crippen molar-refractivity contribution in [2.75, 3.05) is 0 Å². The molecule has 5 rings (SSSR count). The van der Waals surface area contributed by atoms with E-state index in [4.69, 9.17) is 23.2 Å². The molecule has 1 aliphatic rings. The van der Waals surface area contributed by atoms with Crippen LogP contribution in [0.5, 0.6) is 0 Å². The van der Waals surface area contributed by atoms with Crippen LogP contribution in [0.25, 0.3) is 17.1 Å². The molecule has 6 nitrogen and oxygen atoms in total. The number of rotatable bonds is 5. The van der Waals surface area contributed by atoms with Crippen molar-refractivity contribution < 1.29 is 5.11 Å². The molecular weight excluding hydrogens is 495 g/mol. The molecule has 2 atom stereocenters. The van der Waals surface area contributed by atoms with Gasteiger partial charge in [-0.1, -0.05) is 41.4 Å². The number of hydrogen-bond donors (Lipinski definition) is 1. The highest BCUT2D eigenvalue weighted by Crippen LogP contribution is 2.57. The van der Waals surface area contributed by atoms with Crippen LogP contribution in [0.15, 0.2) is 59.7 Å². The average Bonchev–Trinajstić information content (AvgIpc) is 3.63. The number of pyridine rings is 2. The van der Waals surface area contributed by atoms with Gasteiger partial charge in [0, 0.05) is 23.1 Å². The van der Waals surface area contributed by atoms with Gasteiger partial charge in [0.2, 0.25) is 0 Å². The van der Waals surface area contributed by atoms with Gasteiger partial charge in [0.05, 0.1) is 17.1 Å². The third-order valence-corrected chi connectivity index (χ3v) is 7.36. The van der Waals surface area contributed by atoms with Crippen LogP contribution in [0, 0.1) is 13.8 Å². The van der Waals surface area contributed by atoms with Gasteiger partial charge in [-0.05, 0) is 86.9 Å². The number of aryl methyl sites for hydroxylation is 2. The van der Waals surface area contributed by atoms with Crippen LogP contribution in [0.3, 0.4) is 0 Å². The van der Waals surface area contributed by atoms with Crippen LogP contribution in [-0.2, 0) is 5.60 Å². The Labute approximate surface area is 219 Å². The Morgan fingerprint density at radius 3 is 2.44 bits per heavy atom. The molecule has 184 valence electrons. The Morgan fingerprint density at radius 2 is 1.72 bits per heavy atom. The first-order valence-electron chi connectivity index (χ1n) is 11.8. The molecule has 36 heavy (non-hydrogen) atoms. The fraction of sp³-hybridized carbons (Fsp3) is 0.286. The Morgan fingerprint density at radius 1 is 1.00 bits per heavy atom. The summed E-state index contributed by atoms with van der Waals surface area (Å²) >= 11 is 13.1. The smallest absolute Gasteiger partial charge is 0.274 e. The topological polar surface area (TPSA) is 80.9 Å². The van der Waals surface area contributed by atoms with Crippen LogP contribution >= 0.6 is 23.2 Å². The third-order valence-electron chi connectivity index (χ3n) is 6.64. The standard InChI is InChI=1S/C28H26Cl2N4O2/c1-15-14-32-23(22-9-10-31-27(33-22)28(3,4)36)13-24(15)34-16(2)11-20(25(30)26(34)35)19-12-18(19)17-7-5-6-8-21(17)29/h5-11,13-14,18-19,36H,12H2,1-4H3/t18-,19+/m1/s1. The molecule has 1 aromatic carbocycles. The zero-order valence-electron chi connectivity index (χ0n) is 20.5. The molecule has 0 amide bonds. The lowest BCUT2D eigenvalue weighted by Crippen LogP contribution is -2.23. The molecule has 8 heteroatoms. The molecule has 0 bridgehead atoms. The van der Waals surface area contributed by atoms with Crippen molar-refractivity contribution in [2.24, 2.45) is 0 Å². The van der Waals surface area contributed by atoms with Gasteiger partial charge >= 0.3 is 0 Å². The maximum atomic E-state index is 13.6. The van der Waals surface area contributed by atoms with Crippen LogP contribution < -0.4 is 5.56 Å². The second kappa shape index (κ2) is 9.11. The minimum absolute atomic E-state index is 0.161. The number of aliphatic hydroxyl groups is 1. The Hall–Kier alpha value is -3.06. The first-order valence-corrected chi connectivity index (χ1v) is 12.5. The van der Waals surface area contributed by atoms with Gasteiger partial charge in [-0.3, -0.25) is 14.3 Å². The van der Waals surface area contributed by atoms with E-state index in [-0.39, 0.29) is 22.4 Å². The van der Waals surface area contributed by atoms with Crippen LogP contribution in [0.2, 0.25) is 10.0 Å². The quantitative estimate of drug-likeness (QED) is 0.343. The first-order chi connectivity index (χ1) is 17.1. The number of aromatic nitrogens is 4. The summed E-state index contributed by atoms with van der Waals surface area (Å²) in [7, 11) is 0. The number of hydrogen-bond acceptors (Lipinski definition) is 5. The van der Waals surface area contributed by atoms with E-state index in [0.717, 1.165) is 33.8 Å². The minimum Gasteiger partial charge on any atom is -0.382 e. The molecule has 3 aromatic heterocycles. The molecule has 0 aliphatic heterocycles. The van der Waals surface area contributed by atoms with Gasteiger partial charge in [0.15, 0.2) is 5.82 Å². The molecule has 0 radical (unpaired) electrons. The number of halogens is 2. The lowest BCUT2D eigenvalue weighted by Gasteiger charge is -2.17. The third kappa shape index (κ3) is 4.45. The van der Waals surface area contributed by atoms with Gasteiger partial charge < -0.3 is 5.11 Å². The van der Waals surface area contributed by atoms with Crippen molar-refractivity contribution in [3.8, 4) is 17.1 Å². The van der Waals surface area contributed by atoms with E-state index in [1.165, 1.54) is 0 Å². The van der Waals surface area contributed by atoms with E-state index in [1.807, 2.05) is 50.2 Å². The fourth-order valence-corrected chi connectivity index (χ4v) is 5.21. The highest BCUT2D eigenvalue weighted by atomic mass is 35.5. The highest BCUT2D eigenvalue weighted by molar-refractivity contribution is 6.32. The molecule has 0 spiro atoms. The van der Waals surface area contributed by atoms with E-state index in [1.54, 1.807) is 36.9 Å². The summed E-state index contributed by atoms with van der Waals surface area (Å²) in [5.74, 6) is 0.707. The second-order valence-electron chi connectivity index (χ2n) is 9.85. The molecule has 1 saturated carbocycles. The van der Waals surface area contributed by atoms with Gasteiger partial charge in [0.1, 0.15) is 10.6 Å². The molecule has 4 aromatic rings. The summed E-state index contributed by atoms with van der Waals surface area (Å²) in [6, 6.07) is 13.4. The van der Waals surface area contributed by atoms with Crippen molar-refractivity contribution in [3.63, 3.8) is 0 Å². The molecule has 1 fully saturated rings. The van der Waals surface area contributed by atoms with Crippen LogP contribution in [-0.4, -0.2) is 24.6 Å². The van der Waals surface area contributed by atoms with E-state index in [2.05, 4.69) is 15.0 Å². The number of nitrogens with zero attached hydrogens (tertiary/aromatic N) is 4. The lowest BCUT2D eigenvalue weighted by molar-refractivity contribution is 0.0688. The van der Waals surface area contributed by atoms with Gasteiger partial charge in [-0.15, -0.1) is 0 Å². The van der Waals surface area contributed by atoms with E-state index >= 15 is 0 Å². The van der Waals surface area contributed by atoms with E-state index in [0.29, 0.717) is 22.9 Å². The zero-order valence-corrected chi connectivity index (χ0v) is 22.0. The maximum absolute atomic E-state index is 13.6. The SMILES string of the molecule is Cc1cnc(-c2ccnc(C(C)(C)O)n2)cc1-n1c(C)cc([C@H]2C[C@@H]2c2ccccc2Cl)c(Cl)c1=O. The molecule has 0 saturated heterocycles. The van der Waals surface area contributed by atoms with Gasteiger partial charge in [-0.25, -0.2) is 9.97 Å². The van der Waals surface area contributed by atoms with E-state index in [9.17, 15) is 9.90 Å². The minimum atomic E-state index is -1.19. The summed E-state index contributed by atoms with van der Waals surface area (Å²) in [4.78, 5) is 26.7. The van der Waals surface area contributed by atoms with Crippen molar-refractivity contribution in [2.45, 2.75) is 51.6 Å². The van der Waals surface area contributed by atoms with Crippen molar-refractivity contribution in [1.82, 2.24) is 19.5 Å².